The van der Waals surface area contributed by atoms with E-state index < -0.39 is 5.92 Å². The fraction of sp³-hybridized carbons (Fsp3) is 0.700. The fourth-order valence-electron chi connectivity index (χ4n) is 2.00. The van der Waals surface area contributed by atoms with Gasteiger partial charge in [-0.1, -0.05) is 0 Å². The quantitative estimate of drug-likeness (QED) is 0.821. The van der Waals surface area contributed by atoms with Crippen LogP contribution in [0.3, 0.4) is 0 Å². The second-order valence-corrected chi connectivity index (χ2v) is 4.41. The molecule has 0 aliphatic heterocycles. The molecule has 1 aromatic rings. The summed E-state index contributed by atoms with van der Waals surface area (Å²) in [7, 11) is 0. The van der Waals surface area contributed by atoms with Crippen molar-refractivity contribution < 1.29 is 8.78 Å². The summed E-state index contributed by atoms with van der Waals surface area (Å²) in [5.41, 5.74) is 7.57. The van der Waals surface area contributed by atoms with Gasteiger partial charge in [-0.2, -0.15) is 5.10 Å². The van der Waals surface area contributed by atoms with Gasteiger partial charge in [-0.05, 0) is 19.8 Å². The lowest BCUT2D eigenvalue weighted by Crippen LogP contribution is -2.38. The molecular weight excluding hydrogens is 200 g/mol. The summed E-state index contributed by atoms with van der Waals surface area (Å²) in [6.45, 7) is 4.36. The first-order chi connectivity index (χ1) is 6.89. The van der Waals surface area contributed by atoms with Crippen LogP contribution in [0.5, 0.6) is 0 Å². The predicted molar refractivity (Wildman–Crippen MR) is 53.8 cm³/mol. The molecule has 3 nitrogen and oxygen atoms in total. The average molecular weight is 215 g/mol. The number of anilines is 1. The Kier molecular flexibility index (Phi) is 2.20. The predicted octanol–water partition coefficient (Wildman–Crippen LogP) is 2.13. The van der Waals surface area contributed by atoms with Gasteiger partial charge < -0.3 is 5.73 Å². The Morgan fingerprint density at radius 3 is 2.47 bits per heavy atom. The number of hydrogen-bond donors (Lipinski definition) is 1. The summed E-state index contributed by atoms with van der Waals surface area (Å²) in [5.74, 6) is -1.91. The van der Waals surface area contributed by atoms with Crippen LogP contribution in [0.4, 0.5) is 14.6 Å². The van der Waals surface area contributed by atoms with Gasteiger partial charge >= 0.3 is 0 Å². The lowest BCUT2D eigenvalue weighted by atomic mass is 9.81. The Bertz CT molecular complexity index is 376. The first-order valence-corrected chi connectivity index (χ1v) is 5.06. The summed E-state index contributed by atoms with van der Waals surface area (Å²) in [4.78, 5) is 0. The first-order valence-electron chi connectivity index (χ1n) is 5.06. The molecule has 15 heavy (non-hydrogen) atoms. The van der Waals surface area contributed by atoms with Crippen molar-refractivity contribution in [1.29, 1.82) is 0 Å². The van der Waals surface area contributed by atoms with Crippen LogP contribution in [0.1, 0.15) is 24.1 Å². The highest BCUT2D eigenvalue weighted by Crippen LogP contribution is 2.43. The Balaban J connectivity index is 2.03. The molecule has 0 amide bonds. The van der Waals surface area contributed by atoms with Gasteiger partial charge in [0.2, 0.25) is 5.92 Å². The topological polar surface area (TPSA) is 43.8 Å². The third kappa shape index (κ3) is 1.82. The number of aromatic nitrogens is 2. The van der Waals surface area contributed by atoms with Crippen molar-refractivity contribution >= 4 is 5.82 Å². The second-order valence-electron chi connectivity index (χ2n) is 4.41. The highest BCUT2D eigenvalue weighted by atomic mass is 19.3. The molecule has 0 atom stereocenters. The molecule has 84 valence electrons. The lowest BCUT2D eigenvalue weighted by molar-refractivity contribution is -0.114. The molecule has 1 saturated carbocycles. The number of nitrogens with two attached hydrogens (primary N) is 1. The lowest BCUT2D eigenvalue weighted by Gasteiger charge is -2.34. The van der Waals surface area contributed by atoms with Gasteiger partial charge in [-0.3, -0.25) is 4.68 Å². The van der Waals surface area contributed by atoms with E-state index in [9.17, 15) is 8.78 Å². The summed E-state index contributed by atoms with van der Waals surface area (Å²) < 4.78 is 27.0. The maximum absolute atomic E-state index is 12.6. The van der Waals surface area contributed by atoms with Gasteiger partial charge in [-0.15, -0.1) is 0 Å². The molecule has 2 rings (SSSR count). The van der Waals surface area contributed by atoms with Crippen LogP contribution in [0.2, 0.25) is 0 Å². The molecule has 0 radical (unpaired) electrons. The van der Waals surface area contributed by atoms with E-state index in [-0.39, 0.29) is 18.8 Å². The molecule has 5 heteroatoms. The number of rotatable bonds is 2. The Labute approximate surface area is 87.3 Å². The largest absolute Gasteiger partial charge is 0.382 e. The van der Waals surface area contributed by atoms with Crippen molar-refractivity contribution in [2.45, 2.75) is 39.2 Å². The van der Waals surface area contributed by atoms with Crippen LogP contribution in [0.15, 0.2) is 0 Å². The SMILES string of the molecule is Cc1c(N)nn(CC2CC(F)(F)C2)c1C. The normalized spacial score (nSPS) is 20.3. The van der Waals surface area contributed by atoms with Crippen molar-refractivity contribution in [3.05, 3.63) is 11.3 Å². The zero-order valence-electron chi connectivity index (χ0n) is 8.93. The molecular formula is C10H15F2N3. The number of nitrogens with zero attached hydrogens (tertiary/aromatic N) is 2. The van der Waals surface area contributed by atoms with E-state index in [1.165, 1.54) is 0 Å². The van der Waals surface area contributed by atoms with Crippen molar-refractivity contribution in [3.63, 3.8) is 0 Å². The van der Waals surface area contributed by atoms with Crippen LogP contribution >= 0.6 is 0 Å². The fourth-order valence-corrected chi connectivity index (χ4v) is 2.00. The van der Waals surface area contributed by atoms with Crippen LogP contribution < -0.4 is 5.73 Å². The van der Waals surface area contributed by atoms with E-state index >= 15 is 0 Å². The number of nitrogen functional groups attached to an aromatic ring is 1. The van der Waals surface area contributed by atoms with Gasteiger partial charge in [0.25, 0.3) is 0 Å². The third-order valence-electron chi connectivity index (χ3n) is 3.15. The summed E-state index contributed by atoms with van der Waals surface area (Å²) in [6.07, 6.45) is -0.0451. The zero-order valence-corrected chi connectivity index (χ0v) is 8.93. The third-order valence-corrected chi connectivity index (χ3v) is 3.15. The standard InChI is InChI=1S/C10H15F2N3/c1-6-7(2)15(14-9(6)13)5-8-3-10(11,12)4-8/h8H,3-5H2,1-2H3,(H2,13,14). The smallest absolute Gasteiger partial charge is 0.248 e. The van der Waals surface area contributed by atoms with Crippen LogP contribution in [0, 0.1) is 19.8 Å². The number of halogens is 2. The minimum Gasteiger partial charge on any atom is -0.382 e. The second kappa shape index (κ2) is 3.18. The van der Waals surface area contributed by atoms with Crippen LogP contribution in [-0.4, -0.2) is 15.7 Å². The van der Waals surface area contributed by atoms with Gasteiger partial charge in [-0.25, -0.2) is 8.78 Å². The average Bonchev–Trinajstić information content (AvgIpc) is 2.31. The molecule has 1 fully saturated rings. The van der Waals surface area contributed by atoms with Crippen molar-refractivity contribution in [1.82, 2.24) is 9.78 Å². The minimum absolute atomic E-state index is 0.0226. The summed E-state index contributed by atoms with van der Waals surface area (Å²) in [5, 5.41) is 4.13. The van der Waals surface area contributed by atoms with Gasteiger partial charge in [0.15, 0.2) is 0 Å². The van der Waals surface area contributed by atoms with Gasteiger partial charge in [0.05, 0.1) is 0 Å². The Morgan fingerprint density at radius 2 is 2.07 bits per heavy atom. The Hall–Kier alpha value is -1.13. The molecule has 1 aliphatic rings. The van der Waals surface area contributed by atoms with E-state index in [1.54, 1.807) is 4.68 Å². The number of alkyl halides is 2. The van der Waals surface area contributed by atoms with Crippen molar-refractivity contribution in [3.8, 4) is 0 Å². The van der Waals surface area contributed by atoms with E-state index in [0.717, 1.165) is 11.3 Å². The van der Waals surface area contributed by atoms with Crippen LogP contribution in [0.25, 0.3) is 0 Å². The molecule has 0 saturated heterocycles. The minimum atomic E-state index is -2.45. The molecule has 2 N–H and O–H groups in total. The van der Waals surface area contributed by atoms with Crippen LogP contribution in [-0.2, 0) is 6.54 Å². The monoisotopic (exact) mass is 215 g/mol. The molecule has 1 aliphatic carbocycles. The van der Waals surface area contributed by atoms with Crippen molar-refractivity contribution in [2.75, 3.05) is 5.73 Å². The zero-order chi connectivity index (χ0) is 11.2. The Morgan fingerprint density at radius 1 is 1.47 bits per heavy atom. The van der Waals surface area contributed by atoms with E-state index in [2.05, 4.69) is 5.10 Å². The van der Waals surface area contributed by atoms with E-state index in [1.807, 2.05) is 13.8 Å². The first kappa shape index (κ1) is 10.4. The number of hydrogen-bond acceptors (Lipinski definition) is 2. The highest BCUT2D eigenvalue weighted by Gasteiger charge is 2.45. The maximum atomic E-state index is 12.6. The molecule has 1 heterocycles. The summed E-state index contributed by atoms with van der Waals surface area (Å²) in [6, 6.07) is 0. The molecule has 0 unspecified atom stereocenters. The van der Waals surface area contributed by atoms with E-state index in [0.29, 0.717) is 12.4 Å². The summed E-state index contributed by atoms with van der Waals surface area (Å²) >= 11 is 0. The molecule has 0 aromatic carbocycles. The molecule has 0 bridgehead atoms. The van der Waals surface area contributed by atoms with Crippen molar-refractivity contribution in [2.24, 2.45) is 5.92 Å². The highest BCUT2D eigenvalue weighted by molar-refractivity contribution is 5.40. The van der Waals surface area contributed by atoms with Gasteiger partial charge in [0.1, 0.15) is 5.82 Å². The molecule has 1 aromatic heterocycles. The molecule has 0 spiro atoms. The maximum Gasteiger partial charge on any atom is 0.248 e. The van der Waals surface area contributed by atoms with E-state index in [4.69, 9.17) is 5.73 Å². The van der Waals surface area contributed by atoms with Gasteiger partial charge in [0, 0.05) is 30.6 Å².